The molecule has 0 saturated heterocycles. The van der Waals surface area contributed by atoms with E-state index in [0.717, 1.165) is 0 Å². The van der Waals surface area contributed by atoms with Crippen molar-refractivity contribution >= 4 is 11.5 Å². The minimum absolute atomic E-state index is 0.0301. The van der Waals surface area contributed by atoms with Gasteiger partial charge in [0.2, 0.25) is 0 Å². The lowest BCUT2D eigenvalue weighted by Gasteiger charge is -1.92. The fourth-order valence-corrected chi connectivity index (χ4v) is 0.424. The van der Waals surface area contributed by atoms with Crippen LogP contribution in [0.15, 0.2) is 11.1 Å². The Balaban J connectivity index is 3.43. The van der Waals surface area contributed by atoms with Crippen LogP contribution in [0.5, 0.6) is 0 Å². The summed E-state index contributed by atoms with van der Waals surface area (Å²) < 4.78 is 0. The van der Waals surface area contributed by atoms with Crippen molar-refractivity contribution in [3.63, 3.8) is 0 Å². The van der Waals surface area contributed by atoms with Crippen LogP contribution in [0.4, 0.5) is 11.5 Å². The Morgan fingerprint density at radius 1 is 1.56 bits per heavy atom. The summed E-state index contributed by atoms with van der Waals surface area (Å²) in [5.41, 5.74) is 9.88. The van der Waals surface area contributed by atoms with Crippen LogP contribution in [0.2, 0.25) is 0 Å². The van der Waals surface area contributed by atoms with Gasteiger partial charge in [0.05, 0.1) is 6.33 Å². The molecule has 9 heavy (non-hydrogen) atoms. The molecule has 0 aliphatic heterocycles. The zero-order valence-corrected chi connectivity index (χ0v) is 4.59. The summed E-state index contributed by atoms with van der Waals surface area (Å²) in [7, 11) is 0. The molecule has 1 rings (SSSR count). The van der Waals surface area contributed by atoms with Gasteiger partial charge in [0, 0.05) is 0 Å². The molecule has 0 atom stereocenters. The molecule has 0 aromatic carbocycles. The highest BCUT2D eigenvalue weighted by molar-refractivity contribution is 5.55. The molecule has 0 fully saturated rings. The molecule has 0 radical (unpaired) electrons. The highest BCUT2D eigenvalue weighted by Crippen LogP contribution is 1.98. The predicted molar refractivity (Wildman–Crippen MR) is 33.7 cm³/mol. The molecular formula is C4H6N4O. The van der Waals surface area contributed by atoms with Gasteiger partial charge in [-0.05, 0) is 0 Å². The average molecular weight is 127 g/mol. The van der Waals surface area contributed by atoms with E-state index in [1.807, 2.05) is 0 Å². The van der Waals surface area contributed by atoms with Crippen LogP contribution in [0, 0.1) is 0 Å². The largest absolute Gasteiger partial charge is 0.391 e. The Bertz CT molecular complexity index is 266. The van der Waals surface area contributed by atoms with Gasteiger partial charge >= 0.3 is 0 Å². The minimum atomic E-state index is -0.400. The first kappa shape index (κ1) is 5.61. The van der Waals surface area contributed by atoms with Crippen LogP contribution in [-0.2, 0) is 0 Å². The topological polar surface area (TPSA) is 97.8 Å². The third kappa shape index (κ3) is 0.835. The molecule has 5 nitrogen and oxygen atoms in total. The SMILES string of the molecule is Nc1n[13cH][nH]c(=O)c1N. The lowest BCUT2D eigenvalue weighted by atomic mass is 10.5. The van der Waals surface area contributed by atoms with E-state index in [1.165, 1.54) is 6.33 Å². The molecule has 1 aromatic rings. The Labute approximate surface area is 50.7 Å². The van der Waals surface area contributed by atoms with E-state index in [4.69, 9.17) is 11.5 Å². The van der Waals surface area contributed by atoms with Gasteiger partial charge in [-0.25, -0.2) is 4.98 Å². The van der Waals surface area contributed by atoms with Crippen LogP contribution >= 0.6 is 0 Å². The molecule has 0 bridgehead atoms. The van der Waals surface area contributed by atoms with Gasteiger partial charge in [0.25, 0.3) is 5.56 Å². The van der Waals surface area contributed by atoms with Gasteiger partial charge in [-0.3, -0.25) is 4.79 Å². The van der Waals surface area contributed by atoms with Crippen molar-refractivity contribution in [2.45, 2.75) is 0 Å². The van der Waals surface area contributed by atoms with Crippen molar-refractivity contribution in [1.29, 1.82) is 0 Å². The summed E-state index contributed by atoms with van der Waals surface area (Å²) in [6, 6.07) is 0. The number of hydrogen-bond donors (Lipinski definition) is 3. The second-order valence-electron chi connectivity index (χ2n) is 1.53. The second-order valence-corrected chi connectivity index (χ2v) is 1.53. The van der Waals surface area contributed by atoms with Crippen LogP contribution in [0.3, 0.4) is 0 Å². The van der Waals surface area contributed by atoms with Gasteiger partial charge < -0.3 is 16.5 Å². The van der Waals surface area contributed by atoms with Crippen LogP contribution in [0.1, 0.15) is 0 Å². The van der Waals surface area contributed by atoms with Crippen LogP contribution in [0.25, 0.3) is 0 Å². The van der Waals surface area contributed by atoms with Crippen molar-refractivity contribution in [2.24, 2.45) is 0 Å². The Kier molecular flexibility index (Phi) is 1.11. The number of nitrogens with two attached hydrogens (primary N) is 2. The molecule has 5 N–H and O–H groups in total. The summed E-state index contributed by atoms with van der Waals surface area (Å²) in [6.07, 6.45) is 1.20. The summed E-state index contributed by atoms with van der Waals surface area (Å²) in [5.74, 6) is 0.0683. The van der Waals surface area contributed by atoms with E-state index < -0.39 is 5.56 Å². The molecule has 1 aromatic heterocycles. The number of nitrogens with one attached hydrogen (secondary N) is 1. The number of hydrogen-bond acceptors (Lipinski definition) is 4. The monoisotopic (exact) mass is 127 g/mol. The van der Waals surface area contributed by atoms with Gasteiger partial charge in [-0.15, -0.1) is 0 Å². The van der Waals surface area contributed by atoms with Gasteiger partial charge in [0.15, 0.2) is 5.82 Å². The van der Waals surface area contributed by atoms with E-state index in [2.05, 4.69) is 9.97 Å². The van der Waals surface area contributed by atoms with Gasteiger partial charge in [0.1, 0.15) is 5.69 Å². The smallest absolute Gasteiger partial charge is 0.276 e. The number of aromatic amines is 1. The highest BCUT2D eigenvalue weighted by Gasteiger charge is 1.96. The fourth-order valence-electron chi connectivity index (χ4n) is 0.424. The summed E-state index contributed by atoms with van der Waals surface area (Å²) in [6.45, 7) is 0. The third-order valence-corrected chi connectivity index (χ3v) is 0.920. The van der Waals surface area contributed by atoms with Crippen LogP contribution in [-0.4, -0.2) is 9.97 Å². The summed E-state index contributed by atoms with van der Waals surface area (Å²) in [4.78, 5) is 16.3. The number of H-pyrrole nitrogens is 1. The second kappa shape index (κ2) is 1.77. The predicted octanol–water partition coefficient (Wildman–Crippen LogP) is -1.07. The molecule has 0 amide bonds. The molecule has 0 spiro atoms. The quantitative estimate of drug-likeness (QED) is 0.413. The molecule has 48 valence electrons. The molecule has 0 saturated carbocycles. The first-order valence-corrected chi connectivity index (χ1v) is 2.30. The third-order valence-electron chi connectivity index (χ3n) is 0.920. The Hall–Kier alpha value is -1.52. The molecule has 5 heteroatoms. The van der Waals surface area contributed by atoms with E-state index in [0.29, 0.717) is 0 Å². The summed E-state index contributed by atoms with van der Waals surface area (Å²) in [5, 5.41) is 0. The normalized spacial score (nSPS) is 9.33. The average Bonchev–Trinajstić information content (AvgIpc) is 1.83. The van der Waals surface area contributed by atoms with Crippen molar-refractivity contribution in [2.75, 3.05) is 11.5 Å². The zero-order chi connectivity index (χ0) is 6.85. The lowest BCUT2D eigenvalue weighted by molar-refractivity contribution is 1.13. The van der Waals surface area contributed by atoms with Gasteiger partial charge in [-0.2, -0.15) is 0 Å². The van der Waals surface area contributed by atoms with Crippen molar-refractivity contribution in [3.05, 3.63) is 16.7 Å². The number of anilines is 2. The van der Waals surface area contributed by atoms with Gasteiger partial charge in [-0.1, -0.05) is 0 Å². The number of nitrogens with zero attached hydrogens (tertiary/aromatic N) is 1. The minimum Gasteiger partial charge on any atom is -0.391 e. The maximum absolute atomic E-state index is 10.5. The highest BCUT2D eigenvalue weighted by atomic mass is 16.1. The Morgan fingerprint density at radius 2 is 2.22 bits per heavy atom. The van der Waals surface area contributed by atoms with E-state index in [-0.39, 0.29) is 11.5 Å². The number of nitrogen functional groups attached to an aromatic ring is 2. The molecule has 0 unspecified atom stereocenters. The van der Waals surface area contributed by atoms with Crippen molar-refractivity contribution in [3.8, 4) is 0 Å². The lowest BCUT2D eigenvalue weighted by Crippen LogP contribution is -2.14. The molecular weight excluding hydrogens is 121 g/mol. The van der Waals surface area contributed by atoms with E-state index in [9.17, 15) is 4.79 Å². The fraction of sp³-hybridized carbons (Fsp3) is 0. The van der Waals surface area contributed by atoms with Crippen molar-refractivity contribution in [1.82, 2.24) is 9.97 Å². The molecule has 0 aliphatic carbocycles. The van der Waals surface area contributed by atoms with Crippen molar-refractivity contribution < 1.29 is 0 Å². The number of rotatable bonds is 0. The first-order chi connectivity index (χ1) is 4.22. The van der Waals surface area contributed by atoms with Crippen LogP contribution < -0.4 is 17.0 Å². The maximum Gasteiger partial charge on any atom is 0.276 e. The maximum atomic E-state index is 10.5. The van der Waals surface area contributed by atoms with E-state index >= 15 is 0 Å². The van der Waals surface area contributed by atoms with E-state index in [1.54, 1.807) is 0 Å². The first-order valence-electron chi connectivity index (χ1n) is 2.30. The summed E-state index contributed by atoms with van der Waals surface area (Å²) >= 11 is 0. The Morgan fingerprint density at radius 3 is 2.67 bits per heavy atom. The molecule has 1 heterocycles. The standard InChI is InChI=1S/C4H6N4O/c5-2-3(6)7-1-8-4(2)9/h1H,5H2,(H3,6,7,8,9)/i1+1. The zero-order valence-electron chi connectivity index (χ0n) is 4.59. The number of aromatic nitrogens is 2. The molecule has 0 aliphatic rings.